The molecule has 0 amide bonds. The van der Waals surface area contributed by atoms with E-state index in [2.05, 4.69) is 12.2 Å². The molecule has 5 heteroatoms. The van der Waals surface area contributed by atoms with Gasteiger partial charge in [0.05, 0.1) is 0 Å². The van der Waals surface area contributed by atoms with Crippen molar-refractivity contribution in [2.45, 2.75) is 30.8 Å². The zero-order chi connectivity index (χ0) is 12.8. The van der Waals surface area contributed by atoms with Crippen molar-refractivity contribution in [1.82, 2.24) is 0 Å². The number of hydrogen-bond acceptors (Lipinski definition) is 4. The maximum Gasteiger partial charge on any atom is 0.500 e. The van der Waals surface area contributed by atoms with Crippen LogP contribution < -0.4 is 5.73 Å². The molecule has 0 radical (unpaired) electrons. The lowest BCUT2D eigenvalue weighted by Crippen LogP contribution is -2.44. The first kappa shape index (κ1) is 14.6. The van der Waals surface area contributed by atoms with E-state index >= 15 is 0 Å². The zero-order valence-electron chi connectivity index (χ0n) is 10.9. The van der Waals surface area contributed by atoms with Crippen LogP contribution in [0.25, 0.3) is 0 Å². The summed E-state index contributed by atoms with van der Waals surface area (Å²) in [5, 5.41) is 0. The van der Waals surface area contributed by atoms with E-state index in [9.17, 15) is 0 Å². The molecule has 1 rings (SSSR count). The normalized spacial score (nSPS) is 24.2. The Morgan fingerprint density at radius 1 is 1.18 bits per heavy atom. The highest BCUT2D eigenvalue weighted by molar-refractivity contribution is 6.60. The molecular formula is C12H23NO3Si. The number of nitrogens with two attached hydrogens (primary N) is 1. The minimum atomic E-state index is -2.43. The highest BCUT2D eigenvalue weighted by Crippen LogP contribution is 2.24. The van der Waals surface area contributed by atoms with E-state index < -0.39 is 8.80 Å². The third kappa shape index (κ3) is 4.04. The molecule has 0 bridgehead atoms. The molecule has 0 aliphatic heterocycles. The lowest BCUT2D eigenvalue weighted by molar-refractivity contribution is 0.122. The van der Waals surface area contributed by atoms with Crippen LogP contribution in [0.4, 0.5) is 0 Å². The third-order valence-electron chi connectivity index (χ3n) is 3.23. The van der Waals surface area contributed by atoms with Gasteiger partial charge in [-0.1, -0.05) is 24.3 Å². The molecule has 0 fully saturated rings. The fourth-order valence-electron chi connectivity index (χ4n) is 2.06. The molecule has 0 spiro atoms. The highest BCUT2D eigenvalue weighted by Gasteiger charge is 2.37. The summed E-state index contributed by atoms with van der Waals surface area (Å²) >= 11 is 0. The molecule has 0 aromatic rings. The van der Waals surface area contributed by atoms with E-state index in [0.29, 0.717) is 0 Å². The number of allylic oxidation sites excluding steroid dienone is 2. The second-order valence-electron chi connectivity index (χ2n) is 4.37. The Hall–Kier alpha value is -0.463. The molecule has 0 aromatic heterocycles. The molecular weight excluding hydrogens is 234 g/mol. The smallest absolute Gasteiger partial charge is 0.377 e. The van der Waals surface area contributed by atoms with Crippen molar-refractivity contribution in [2.75, 3.05) is 21.3 Å². The first-order valence-corrected chi connectivity index (χ1v) is 7.82. The van der Waals surface area contributed by atoms with Crippen LogP contribution in [0.1, 0.15) is 19.3 Å². The molecule has 0 aromatic carbocycles. The van der Waals surface area contributed by atoms with Crippen molar-refractivity contribution in [3.8, 4) is 0 Å². The fraction of sp³-hybridized carbons (Fsp3) is 0.667. The van der Waals surface area contributed by atoms with Gasteiger partial charge in [-0.2, -0.15) is 0 Å². The standard InChI is InChI=1S/C12H23NO3Si/c1-14-17(15-2,16-3)11-7-10-12(13)8-5-4-6-9-12/h4-6,8H,7,9-11,13H2,1-3H3. The van der Waals surface area contributed by atoms with E-state index in [1.54, 1.807) is 21.3 Å². The summed E-state index contributed by atoms with van der Waals surface area (Å²) in [6, 6.07) is 0.799. The van der Waals surface area contributed by atoms with Crippen molar-refractivity contribution in [1.29, 1.82) is 0 Å². The van der Waals surface area contributed by atoms with Gasteiger partial charge in [-0.05, 0) is 19.3 Å². The summed E-state index contributed by atoms with van der Waals surface area (Å²) in [6.45, 7) is 0. The Bertz CT molecular complexity index is 281. The molecule has 98 valence electrons. The van der Waals surface area contributed by atoms with Crippen LogP contribution in [0.2, 0.25) is 6.04 Å². The number of rotatable bonds is 7. The van der Waals surface area contributed by atoms with Gasteiger partial charge >= 0.3 is 8.80 Å². The Morgan fingerprint density at radius 3 is 2.29 bits per heavy atom. The lowest BCUT2D eigenvalue weighted by atomic mass is 9.88. The Morgan fingerprint density at radius 2 is 1.82 bits per heavy atom. The van der Waals surface area contributed by atoms with Gasteiger partial charge in [-0.3, -0.25) is 0 Å². The third-order valence-corrected chi connectivity index (χ3v) is 6.06. The van der Waals surface area contributed by atoms with Gasteiger partial charge < -0.3 is 19.0 Å². The van der Waals surface area contributed by atoms with Crippen LogP contribution in [-0.4, -0.2) is 35.7 Å². The molecule has 1 atom stereocenters. The van der Waals surface area contributed by atoms with Crippen molar-refractivity contribution < 1.29 is 13.3 Å². The molecule has 17 heavy (non-hydrogen) atoms. The summed E-state index contributed by atoms with van der Waals surface area (Å²) in [5.74, 6) is 0. The van der Waals surface area contributed by atoms with E-state index in [4.69, 9.17) is 19.0 Å². The Balaban J connectivity index is 2.41. The van der Waals surface area contributed by atoms with Gasteiger partial charge in [0.25, 0.3) is 0 Å². The van der Waals surface area contributed by atoms with E-state index in [-0.39, 0.29) is 5.54 Å². The molecule has 2 N–H and O–H groups in total. The number of hydrogen-bond donors (Lipinski definition) is 1. The summed E-state index contributed by atoms with van der Waals surface area (Å²) < 4.78 is 16.1. The second kappa shape index (κ2) is 6.46. The van der Waals surface area contributed by atoms with E-state index in [0.717, 1.165) is 25.3 Å². The predicted octanol–water partition coefficient (Wildman–Crippen LogP) is 1.86. The zero-order valence-corrected chi connectivity index (χ0v) is 11.9. The topological polar surface area (TPSA) is 53.7 Å². The average Bonchev–Trinajstić information content (AvgIpc) is 2.36. The van der Waals surface area contributed by atoms with Gasteiger partial charge in [0, 0.05) is 32.9 Å². The molecule has 0 saturated heterocycles. The van der Waals surface area contributed by atoms with Crippen LogP contribution >= 0.6 is 0 Å². The van der Waals surface area contributed by atoms with Gasteiger partial charge in [0.2, 0.25) is 0 Å². The molecule has 0 heterocycles. The first-order valence-electron chi connectivity index (χ1n) is 5.88. The second-order valence-corrected chi connectivity index (χ2v) is 7.46. The minimum absolute atomic E-state index is 0.218. The summed E-state index contributed by atoms with van der Waals surface area (Å²) in [5.41, 5.74) is 6.05. The predicted molar refractivity (Wildman–Crippen MR) is 70.6 cm³/mol. The van der Waals surface area contributed by atoms with Crippen molar-refractivity contribution >= 4 is 8.80 Å². The Kier molecular flexibility index (Phi) is 5.55. The van der Waals surface area contributed by atoms with Crippen LogP contribution in [0.15, 0.2) is 24.3 Å². The fourth-order valence-corrected chi connectivity index (χ4v) is 3.78. The largest absolute Gasteiger partial charge is 0.500 e. The van der Waals surface area contributed by atoms with Crippen LogP contribution in [-0.2, 0) is 13.3 Å². The van der Waals surface area contributed by atoms with Gasteiger partial charge in [0.15, 0.2) is 0 Å². The van der Waals surface area contributed by atoms with Crippen molar-refractivity contribution in [3.63, 3.8) is 0 Å². The maximum atomic E-state index is 6.27. The summed E-state index contributed by atoms with van der Waals surface area (Å²) in [4.78, 5) is 0. The summed E-state index contributed by atoms with van der Waals surface area (Å²) in [7, 11) is 2.49. The first-order chi connectivity index (χ1) is 8.10. The van der Waals surface area contributed by atoms with Gasteiger partial charge in [-0.25, -0.2) is 0 Å². The van der Waals surface area contributed by atoms with Crippen LogP contribution in [0, 0.1) is 0 Å². The highest BCUT2D eigenvalue weighted by atomic mass is 28.4. The molecule has 1 aliphatic carbocycles. The van der Waals surface area contributed by atoms with Crippen LogP contribution in [0.3, 0.4) is 0 Å². The van der Waals surface area contributed by atoms with Crippen LogP contribution in [0.5, 0.6) is 0 Å². The maximum absolute atomic E-state index is 6.27. The molecule has 4 nitrogen and oxygen atoms in total. The minimum Gasteiger partial charge on any atom is -0.377 e. The molecule has 1 unspecified atom stereocenters. The van der Waals surface area contributed by atoms with Gasteiger partial charge in [0.1, 0.15) is 0 Å². The van der Waals surface area contributed by atoms with Crippen molar-refractivity contribution in [2.24, 2.45) is 5.73 Å². The lowest BCUT2D eigenvalue weighted by Gasteiger charge is -2.29. The van der Waals surface area contributed by atoms with E-state index in [1.807, 2.05) is 12.2 Å². The van der Waals surface area contributed by atoms with E-state index in [1.165, 1.54) is 0 Å². The molecule has 1 aliphatic rings. The quantitative estimate of drug-likeness (QED) is 0.707. The monoisotopic (exact) mass is 257 g/mol. The Labute approximate surface area is 105 Å². The van der Waals surface area contributed by atoms with Gasteiger partial charge in [-0.15, -0.1) is 0 Å². The SMILES string of the molecule is CO[Si](CCCC1(N)C=CC=CC1)(OC)OC. The average molecular weight is 257 g/mol. The summed E-state index contributed by atoms with van der Waals surface area (Å²) in [6.07, 6.45) is 11.0. The molecule has 0 saturated carbocycles. The van der Waals surface area contributed by atoms with Crippen molar-refractivity contribution in [3.05, 3.63) is 24.3 Å².